The van der Waals surface area contributed by atoms with E-state index in [9.17, 15) is 4.79 Å². The van der Waals surface area contributed by atoms with Crippen LogP contribution in [0.5, 0.6) is 0 Å². The van der Waals surface area contributed by atoms with Gasteiger partial charge in [0.25, 0.3) is 0 Å². The third-order valence-electron chi connectivity index (χ3n) is 4.07. The van der Waals surface area contributed by atoms with Crippen LogP contribution in [0.1, 0.15) is 29.9 Å². The summed E-state index contributed by atoms with van der Waals surface area (Å²) in [6.07, 6.45) is 2.75. The molecular weight excluding hydrogens is 224 g/mol. The van der Waals surface area contributed by atoms with Crippen LogP contribution in [0, 0.1) is 17.2 Å². The van der Waals surface area contributed by atoms with Gasteiger partial charge < -0.3 is 4.90 Å². The largest absolute Gasteiger partial charge is 0.341 e. The van der Waals surface area contributed by atoms with Crippen molar-refractivity contribution in [3.63, 3.8) is 0 Å². The van der Waals surface area contributed by atoms with E-state index in [2.05, 4.69) is 12.1 Å². The van der Waals surface area contributed by atoms with Crippen molar-refractivity contribution in [3.05, 3.63) is 35.4 Å². The zero-order valence-electron chi connectivity index (χ0n) is 10.3. The molecule has 1 fully saturated rings. The van der Waals surface area contributed by atoms with Crippen LogP contribution in [0.25, 0.3) is 0 Å². The summed E-state index contributed by atoms with van der Waals surface area (Å²) in [7, 11) is 0. The molecule has 2 atom stereocenters. The molecule has 3 rings (SSSR count). The van der Waals surface area contributed by atoms with E-state index in [0.717, 1.165) is 25.8 Å². The van der Waals surface area contributed by atoms with Crippen LogP contribution in [0.15, 0.2) is 24.3 Å². The number of hydrogen-bond donors (Lipinski definition) is 0. The van der Waals surface area contributed by atoms with Crippen LogP contribution in [-0.4, -0.2) is 23.9 Å². The zero-order valence-corrected chi connectivity index (χ0v) is 10.3. The average molecular weight is 240 g/mol. The summed E-state index contributed by atoms with van der Waals surface area (Å²) in [6.45, 7) is 1.43. The molecular formula is C15H16N2O. The van der Waals surface area contributed by atoms with Gasteiger partial charge in [0.1, 0.15) is 0 Å². The van der Waals surface area contributed by atoms with Crippen molar-refractivity contribution >= 4 is 5.91 Å². The minimum atomic E-state index is 0.0259. The van der Waals surface area contributed by atoms with Gasteiger partial charge in [0.05, 0.1) is 17.9 Å². The van der Waals surface area contributed by atoms with Crippen LogP contribution < -0.4 is 0 Å². The summed E-state index contributed by atoms with van der Waals surface area (Å²) >= 11 is 0. The van der Waals surface area contributed by atoms with Gasteiger partial charge in [-0.1, -0.05) is 24.3 Å². The summed E-state index contributed by atoms with van der Waals surface area (Å²) < 4.78 is 0. The van der Waals surface area contributed by atoms with Crippen LogP contribution >= 0.6 is 0 Å². The summed E-state index contributed by atoms with van der Waals surface area (Å²) in [5, 5.41) is 8.97. The number of amides is 1. The van der Waals surface area contributed by atoms with Crippen LogP contribution in [0.3, 0.4) is 0 Å². The molecule has 0 N–H and O–H groups in total. The number of rotatable bonds is 1. The minimum Gasteiger partial charge on any atom is -0.341 e. The van der Waals surface area contributed by atoms with E-state index >= 15 is 0 Å². The number of piperidine rings is 1. The van der Waals surface area contributed by atoms with Crippen molar-refractivity contribution in [2.45, 2.75) is 25.2 Å². The quantitative estimate of drug-likeness (QED) is 0.754. The van der Waals surface area contributed by atoms with Crippen LogP contribution in [-0.2, 0) is 11.2 Å². The highest BCUT2D eigenvalue weighted by molar-refractivity contribution is 5.87. The lowest BCUT2D eigenvalue weighted by molar-refractivity contribution is -0.134. The second kappa shape index (κ2) is 4.45. The molecule has 1 aromatic carbocycles. The summed E-state index contributed by atoms with van der Waals surface area (Å²) in [5.41, 5.74) is 2.48. The molecule has 1 aliphatic heterocycles. The minimum absolute atomic E-state index is 0.0259. The molecule has 18 heavy (non-hydrogen) atoms. The Kier molecular flexibility index (Phi) is 2.79. The van der Waals surface area contributed by atoms with Gasteiger partial charge in [-0.05, 0) is 30.4 Å². The fourth-order valence-corrected chi connectivity index (χ4v) is 2.98. The summed E-state index contributed by atoms with van der Waals surface area (Å²) in [5.74, 6) is 0.283. The van der Waals surface area contributed by atoms with E-state index in [4.69, 9.17) is 5.26 Å². The normalized spacial score (nSPS) is 25.8. The van der Waals surface area contributed by atoms with Gasteiger partial charge in [-0.3, -0.25) is 4.79 Å². The number of carbonyl (C=O) groups is 1. The Labute approximate surface area is 107 Å². The van der Waals surface area contributed by atoms with Gasteiger partial charge >= 0.3 is 0 Å². The van der Waals surface area contributed by atoms with Crippen LogP contribution in [0.2, 0.25) is 0 Å². The molecule has 0 saturated carbocycles. The molecule has 92 valence electrons. The first-order valence-corrected chi connectivity index (χ1v) is 6.56. The molecule has 1 aromatic rings. The number of likely N-dealkylation sites (tertiary alicyclic amines) is 1. The fourth-order valence-electron chi connectivity index (χ4n) is 2.98. The Bertz CT molecular complexity index is 517. The SMILES string of the molecule is N#CC1CCCN(C(=O)C2Cc3ccccc32)C1. The Hall–Kier alpha value is -1.82. The number of benzene rings is 1. The van der Waals surface area contributed by atoms with E-state index in [1.54, 1.807) is 0 Å². The van der Waals surface area contributed by atoms with Crippen molar-refractivity contribution in [2.24, 2.45) is 5.92 Å². The number of hydrogen-bond acceptors (Lipinski definition) is 2. The van der Waals surface area contributed by atoms with Crippen molar-refractivity contribution in [3.8, 4) is 6.07 Å². The molecule has 3 nitrogen and oxygen atoms in total. The Balaban J connectivity index is 1.72. The topological polar surface area (TPSA) is 44.1 Å². The summed E-state index contributed by atoms with van der Waals surface area (Å²) in [6, 6.07) is 10.4. The molecule has 2 unspecified atom stereocenters. The highest BCUT2D eigenvalue weighted by Crippen LogP contribution is 2.36. The van der Waals surface area contributed by atoms with Gasteiger partial charge in [-0.25, -0.2) is 0 Å². The first-order valence-electron chi connectivity index (χ1n) is 6.56. The fraction of sp³-hybridized carbons (Fsp3) is 0.467. The second-order valence-corrected chi connectivity index (χ2v) is 5.21. The van der Waals surface area contributed by atoms with Gasteiger partial charge in [-0.15, -0.1) is 0 Å². The van der Waals surface area contributed by atoms with Gasteiger partial charge in [-0.2, -0.15) is 5.26 Å². The van der Waals surface area contributed by atoms with Gasteiger partial charge in [0.15, 0.2) is 0 Å². The first-order chi connectivity index (χ1) is 8.79. The van der Waals surface area contributed by atoms with E-state index in [1.165, 1.54) is 11.1 Å². The Morgan fingerprint density at radius 3 is 3.00 bits per heavy atom. The van der Waals surface area contributed by atoms with Crippen molar-refractivity contribution in [1.82, 2.24) is 4.90 Å². The van der Waals surface area contributed by atoms with Crippen molar-refractivity contribution in [1.29, 1.82) is 5.26 Å². The first kappa shape index (κ1) is 11.3. The van der Waals surface area contributed by atoms with E-state index < -0.39 is 0 Å². The number of nitrogens with zero attached hydrogens (tertiary/aromatic N) is 2. The van der Waals surface area contributed by atoms with Gasteiger partial charge in [0.2, 0.25) is 5.91 Å². The lowest BCUT2D eigenvalue weighted by Crippen LogP contribution is -2.44. The smallest absolute Gasteiger partial charge is 0.230 e. The molecule has 0 aromatic heterocycles. The molecule has 0 bridgehead atoms. The number of fused-ring (bicyclic) bond motifs is 1. The molecule has 3 heteroatoms. The standard InChI is InChI=1S/C15H16N2O/c16-9-11-4-3-7-17(10-11)15(18)14-8-12-5-1-2-6-13(12)14/h1-2,5-6,11,14H,3-4,7-8,10H2. The number of carbonyl (C=O) groups excluding carboxylic acids is 1. The predicted molar refractivity (Wildman–Crippen MR) is 67.8 cm³/mol. The Morgan fingerprint density at radius 1 is 1.39 bits per heavy atom. The monoisotopic (exact) mass is 240 g/mol. The zero-order chi connectivity index (χ0) is 12.5. The maximum Gasteiger partial charge on any atom is 0.230 e. The molecule has 1 heterocycles. The van der Waals surface area contributed by atoms with E-state index in [1.807, 2.05) is 23.1 Å². The maximum absolute atomic E-state index is 12.4. The molecule has 2 aliphatic rings. The van der Waals surface area contributed by atoms with E-state index in [0.29, 0.717) is 6.54 Å². The third-order valence-corrected chi connectivity index (χ3v) is 4.07. The Morgan fingerprint density at radius 2 is 2.22 bits per heavy atom. The molecule has 0 spiro atoms. The van der Waals surface area contributed by atoms with E-state index in [-0.39, 0.29) is 17.7 Å². The third kappa shape index (κ3) is 1.78. The van der Waals surface area contributed by atoms with Crippen LogP contribution in [0.4, 0.5) is 0 Å². The maximum atomic E-state index is 12.4. The molecule has 1 saturated heterocycles. The second-order valence-electron chi connectivity index (χ2n) is 5.21. The van der Waals surface area contributed by atoms with Gasteiger partial charge in [0, 0.05) is 13.1 Å². The summed E-state index contributed by atoms with van der Waals surface area (Å²) in [4.78, 5) is 14.3. The predicted octanol–water partition coefficient (Wildman–Crippen LogP) is 2.09. The lowest BCUT2D eigenvalue weighted by atomic mass is 9.76. The lowest BCUT2D eigenvalue weighted by Gasteiger charge is -2.36. The molecule has 0 radical (unpaired) electrons. The highest BCUT2D eigenvalue weighted by atomic mass is 16.2. The molecule has 1 amide bonds. The highest BCUT2D eigenvalue weighted by Gasteiger charge is 2.36. The average Bonchev–Trinajstić information content (AvgIpc) is 2.40. The van der Waals surface area contributed by atoms with Crippen molar-refractivity contribution in [2.75, 3.05) is 13.1 Å². The molecule has 1 aliphatic carbocycles. The van der Waals surface area contributed by atoms with Crippen molar-refractivity contribution < 1.29 is 4.79 Å². The number of nitriles is 1.